The lowest BCUT2D eigenvalue weighted by atomic mass is 9.77. The van der Waals surface area contributed by atoms with Crippen LogP contribution in [0.15, 0.2) is 24.3 Å². The van der Waals surface area contributed by atoms with Crippen molar-refractivity contribution in [1.82, 2.24) is 0 Å². The van der Waals surface area contributed by atoms with Crippen LogP contribution in [0.1, 0.15) is 44.6 Å². The first kappa shape index (κ1) is 14.0. The lowest BCUT2D eigenvalue weighted by molar-refractivity contribution is 0.263. The summed E-state index contributed by atoms with van der Waals surface area (Å²) >= 11 is 3.82. The fraction of sp³-hybridized carbons (Fsp3) is 0.625. The molecule has 3 atom stereocenters. The summed E-state index contributed by atoms with van der Waals surface area (Å²) in [6.45, 7) is 2.27. The average molecular weight is 313 g/mol. The minimum absolute atomic E-state index is 0.112. The molecule has 0 amide bonds. The predicted molar refractivity (Wildman–Crippen MR) is 78.6 cm³/mol. The van der Waals surface area contributed by atoms with E-state index in [2.05, 4.69) is 22.9 Å². The van der Waals surface area contributed by atoms with Gasteiger partial charge in [-0.25, -0.2) is 4.39 Å². The van der Waals surface area contributed by atoms with Crippen LogP contribution in [0.5, 0.6) is 0 Å². The van der Waals surface area contributed by atoms with Gasteiger partial charge in [0.2, 0.25) is 0 Å². The number of alkyl halides is 1. The van der Waals surface area contributed by atoms with Crippen molar-refractivity contribution in [2.45, 2.75) is 50.3 Å². The summed E-state index contributed by atoms with van der Waals surface area (Å²) in [5, 5.41) is 0. The number of halogens is 2. The lowest BCUT2D eigenvalue weighted by Gasteiger charge is -2.33. The van der Waals surface area contributed by atoms with Gasteiger partial charge in [0.25, 0.3) is 0 Å². The van der Waals surface area contributed by atoms with Crippen LogP contribution in [0.3, 0.4) is 0 Å². The van der Waals surface area contributed by atoms with E-state index in [1.54, 1.807) is 6.07 Å². The Balaban J connectivity index is 1.98. The molecule has 100 valence electrons. The second-order valence-corrected chi connectivity index (χ2v) is 6.75. The molecule has 0 nitrogen and oxygen atoms in total. The molecule has 0 bridgehead atoms. The normalized spacial score (nSPS) is 28.3. The molecule has 1 fully saturated rings. The van der Waals surface area contributed by atoms with Gasteiger partial charge in [0, 0.05) is 4.83 Å². The highest BCUT2D eigenvalue weighted by Crippen LogP contribution is 2.37. The molecular formula is C16H22BrF. The summed E-state index contributed by atoms with van der Waals surface area (Å²) in [5.74, 6) is 1.43. The molecule has 0 heterocycles. The first-order chi connectivity index (χ1) is 8.69. The zero-order valence-electron chi connectivity index (χ0n) is 11.0. The summed E-state index contributed by atoms with van der Waals surface area (Å²) in [5.41, 5.74) is 1.14. The summed E-state index contributed by atoms with van der Waals surface area (Å²) in [6, 6.07) is 7.07. The van der Waals surface area contributed by atoms with Crippen molar-refractivity contribution in [3.05, 3.63) is 35.6 Å². The molecule has 1 aromatic rings. The molecule has 1 aliphatic rings. The molecule has 1 aliphatic carbocycles. The molecule has 0 aromatic heterocycles. The molecule has 18 heavy (non-hydrogen) atoms. The van der Waals surface area contributed by atoms with Gasteiger partial charge in [-0.1, -0.05) is 47.8 Å². The van der Waals surface area contributed by atoms with Gasteiger partial charge < -0.3 is 0 Å². The number of hydrogen-bond donors (Lipinski definition) is 0. The van der Waals surface area contributed by atoms with E-state index in [4.69, 9.17) is 0 Å². The van der Waals surface area contributed by atoms with E-state index in [1.807, 2.05) is 12.1 Å². The van der Waals surface area contributed by atoms with Gasteiger partial charge in [0.1, 0.15) is 5.82 Å². The summed E-state index contributed by atoms with van der Waals surface area (Å²) in [6.07, 6.45) is 7.55. The third-order valence-corrected chi connectivity index (χ3v) is 5.29. The maximum absolute atomic E-state index is 13.2. The van der Waals surface area contributed by atoms with Gasteiger partial charge in [-0.3, -0.25) is 0 Å². The first-order valence-electron chi connectivity index (χ1n) is 7.07. The third kappa shape index (κ3) is 3.81. The van der Waals surface area contributed by atoms with Crippen molar-refractivity contribution >= 4 is 15.9 Å². The predicted octanol–water partition coefficient (Wildman–Crippen LogP) is 5.35. The van der Waals surface area contributed by atoms with Crippen molar-refractivity contribution < 1.29 is 4.39 Å². The first-order valence-corrected chi connectivity index (χ1v) is 7.99. The number of hydrogen-bond acceptors (Lipinski definition) is 0. The van der Waals surface area contributed by atoms with Crippen molar-refractivity contribution in [3.8, 4) is 0 Å². The van der Waals surface area contributed by atoms with Crippen molar-refractivity contribution in [2.24, 2.45) is 11.8 Å². The molecule has 0 aliphatic heterocycles. The Hall–Kier alpha value is -0.370. The fourth-order valence-electron chi connectivity index (χ4n) is 3.17. The number of benzene rings is 1. The molecule has 0 spiro atoms. The Labute approximate surface area is 118 Å². The van der Waals surface area contributed by atoms with Crippen molar-refractivity contribution in [1.29, 1.82) is 0 Å². The summed E-state index contributed by atoms with van der Waals surface area (Å²) < 4.78 is 13.2. The maximum Gasteiger partial charge on any atom is 0.123 e. The van der Waals surface area contributed by atoms with E-state index in [-0.39, 0.29) is 5.82 Å². The van der Waals surface area contributed by atoms with Gasteiger partial charge in [-0.2, -0.15) is 0 Å². The minimum atomic E-state index is -0.112. The summed E-state index contributed by atoms with van der Waals surface area (Å²) in [7, 11) is 0. The smallest absolute Gasteiger partial charge is 0.123 e. The van der Waals surface area contributed by atoms with Crippen LogP contribution in [-0.2, 0) is 6.42 Å². The molecule has 1 aromatic carbocycles. The fourth-order valence-corrected chi connectivity index (χ4v) is 3.84. The Bertz CT molecular complexity index is 377. The molecule has 1 saturated carbocycles. The zero-order valence-corrected chi connectivity index (χ0v) is 12.6. The van der Waals surface area contributed by atoms with Gasteiger partial charge in [-0.05, 0) is 55.2 Å². The van der Waals surface area contributed by atoms with Crippen LogP contribution >= 0.6 is 15.9 Å². The van der Waals surface area contributed by atoms with Crippen LogP contribution in [0, 0.1) is 17.7 Å². The highest BCUT2D eigenvalue weighted by molar-refractivity contribution is 9.09. The molecule has 0 radical (unpaired) electrons. The van der Waals surface area contributed by atoms with Gasteiger partial charge >= 0.3 is 0 Å². The van der Waals surface area contributed by atoms with Crippen LogP contribution < -0.4 is 0 Å². The largest absolute Gasteiger partial charge is 0.207 e. The lowest BCUT2D eigenvalue weighted by Crippen LogP contribution is -2.26. The Morgan fingerprint density at radius 1 is 1.33 bits per heavy atom. The van der Waals surface area contributed by atoms with Crippen LogP contribution in [0.2, 0.25) is 0 Å². The maximum atomic E-state index is 13.2. The number of rotatable bonds is 4. The second-order valence-electron chi connectivity index (χ2n) is 5.58. The molecule has 2 heteroatoms. The Morgan fingerprint density at radius 2 is 2.17 bits per heavy atom. The highest BCUT2D eigenvalue weighted by atomic mass is 79.9. The van der Waals surface area contributed by atoms with E-state index in [0.29, 0.717) is 10.7 Å². The SMILES string of the molecule is CCCC1CCC(Br)C(Cc2cccc(F)c2)C1. The van der Waals surface area contributed by atoms with E-state index in [9.17, 15) is 4.39 Å². The molecular weight excluding hydrogens is 291 g/mol. The van der Waals surface area contributed by atoms with Gasteiger partial charge in [-0.15, -0.1) is 0 Å². The van der Waals surface area contributed by atoms with Crippen molar-refractivity contribution in [2.75, 3.05) is 0 Å². The molecule has 2 rings (SSSR count). The summed E-state index contributed by atoms with van der Waals surface area (Å²) in [4.78, 5) is 0.605. The van der Waals surface area contributed by atoms with Crippen molar-refractivity contribution in [3.63, 3.8) is 0 Å². The quantitative estimate of drug-likeness (QED) is 0.658. The Kier molecular flexibility index (Phi) is 5.23. The van der Waals surface area contributed by atoms with Gasteiger partial charge in [0.15, 0.2) is 0 Å². The van der Waals surface area contributed by atoms with Gasteiger partial charge in [0.05, 0.1) is 0 Å². The molecule has 0 saturated heterocycles. The molecule has 3 unspecified atom stereocenters. The second kappa shape index (κ2) is 6.70. The van der Waals surface area contributed by atoms with Crippen LogP contribution in [-0.4, -0.2) is 4.83 Å². The minimum Gasteiger partial charge on any atom is -0.207 e. The Morgan fingerprint density at radius 3 is 2.89 bits per heavy atom. The van der Waals surface area contributed by atoms with Crippen LogP contribution in [0.4, 0.5) is 4.39 Å². The average Bonchev–Trinajstić information content (AvgIpc) is 2.34. The van der Waals surface area contributed by atoms with E-state index >= 15 is 0 Å². The molecule has 0 N–H and O–H groups in total. The monoisotopic (exact) mass is 312 g/mol. The topological polar surface area (TPSA) is 0 Å². The van der Waals surface area contributed by atoms with E-state index in [1.165, 1.54) is 38.2 Å². The standard InChI is InChI=1S/C16H22BrF/c1-2-4-12-7-8-16(17)14(9-12)10-13-5-3-6-15(18)11-13/h3,5-6,11-12,14,16H,2,4,7-10H2,1H3. The zero-order chi connectivity index (χ0) is 13.0. The van der Waals surface area contributed by atoms with Crippen LogP contribution in [0.25, 0.3) is 0 Å². The van der Waals surface area contributed by atoms with E-state index < -0.39 is 0 Å². The highest BCUT2D eigenvalue weighted by Gasteiger charge is 2.28. The van der Waals surface area contributed by atoms with E-state index in [0.717, 1.165) is 17.9 Å². The third-order valence-electron chi connectivity index (χ3n) is 4.08.